The van der Waals surface area contributed by atoms with Crippen molar-refractivity contribution in [3.63, 3.8) is 0 Å². The maximum atomic E-state index is 12.0. The molecule has 2 rings (SSSR count). The van der Waals surface area contributed by atoms with E-state index in [4.69, 9.17) is 0 Å². The Morgan fingerprint density at radius 1 is 1.37 bits per heavy atom. The van der Waals surface area contributed by atoms with Crippen LogP contribution in [0.15, 0.2) is 33.9 Å². The number of aromatic nitrogens is 3. The quantitative estimate of drug-likeness (QED) is 0.878. The highest BCUT2D eigenvalue weighted by Gasteiger charge is 2.10. The zero-order valence-electron chi connectivity index (χ0n) is 10.7. The molecule has 1 N–H and O–H groups in total. The molecule has 2 aromatic rings. The van der Waals surface area contributed by atoms with Gasteiger partial charge in [-0.15, -0.1) is 5.10 Å². The summed E-state index contributed by atoms with van der Waals surface area (Å²) >= 11 is 3.52. The van der Waals surface area contributed by atoms with Crippen LogP contribution in [0.2, 0.25) is 0 Å². The first kappa shape index (κ1) is 14.4. The van der Waals surface area contributed by atoms with Crippen LogP contribution in [0.4, 0.5) is 0 Å². The minimum atomic E-state index is -1.11. The Morgan fingerprint density at radius 3 is 2.84 bits per heavy atom. The molecule has 0 saturated heterocycles. The molecular weight excluding hydrogens is 326 g/mol. The van der Waals surface area contributed by atoms with E-state index < -0.39 is 10.8 Å². The number of nitrogens with zero attached hydrogens (tertiary/aromatic N) is 2. The number of benzene rings is 1. The molecule has 19 heavy (non-hydrogen) atoms. The van der Waals surface area contributed by atoms with E-state index in [1.807, 2.05) is 25.1 Å². The van der Waals surface area contributed by atoms with Crippen LogP contribution >= 0.6 is 15.9 Å². The molecule has 0 radical (unpaired) electrons. The standard InChI is InChI=1S/C13H16BrN3OS/c1-2-12-15-13(17-16-12)19(18)9-5-7-10-6-3-4-8-11(10)14/h3-4,6,8H,2,5,7,9H2,1H3,(H,15,16,17)/t19-/m0/s1. The second kappa shape index (κ2) is 6.96. The molecule has 102 valence electrons. The average Bonchev–Trinajstić information content (AvgIpc) is 2.90. The van der Waals surface area contributed by atoms with Gasteiger partial charge in [-0.2, -0.15) is 0 Å². The Hall–Kier alpha value is -1.01. The maximum Gasteiger partial charge on any atom is 0.238 e. The highest BCUT2D eigenvalue weighted by molar-refractivity contribution is 9.10. The molecule has 1 aromatic heterocycles. The molecular formula is C13H16BrN3OS. The predicted molar refractivity (Wildman–Crippen MR) is 79.5 cm³/mol. The summed E-state index contributed by atoms with van der Waals surface area (Å²) in [7, 11) is -1.11. The zero-order valence-corrected chi connectivity index (χ0v) is 13.1. The fourth-order valence-electron chi connectivity index (χ4n) is 1.72. The van der Waals surface area contributed by atoms with Gasteiger partial charge < -0.3 is 0 Å². The van der Waals surface area contributed by atoms with Crippen molar-refractivity contribution in [1.29, 1.82) is 0 Å². The number of rotatable bonds is 6. The Bertz CT molecular complexity index is 571. The molecule has 0 spiro atoms. The van der Waals surface area contributed by atoms with Crippen molar-refractivity contribution < 1.29 is 4.21 Å². The van der Waals surface area contributed by atoms with E-state index in [-0.39, 0.29) is 0 Å². The molecule has 6 heteroatoms. The van der Waals surface area contributed by atoms with E-state index in [1.165, 1.54) is 5.56 Å². The third-order valence-corrected chi connectivity index (χ3v) is 4.81. The highest BCUT2D eigenvalue weighted by Crippen LogP contribution is 2.17. The van der Waals surface area contributed by atoms with E-state index in [1.54, 1.807) is 0 Å². The number of H-pyrrole nitrogens is 1. The molecule has 0 bridgehead atoms. The smallest absolute Gasteiger partial charge is 0.238 e. The van der Waals surface area contributed by atoms with E-state index in [9.17, 15) is 4.21 Å². The summed E-state index contributed by atoms with van der Waals surface area (Å²) in [6, 6.07) is 8.11. The lowest BCUT2D eigenvalue weighted by Crippen LogP contribution is -2.02. The molecule has 1 aromatic carbocycles. The van der Waals surface area contributed by atoms with Gasteiger partial charge in [-0.05, 0) is 24.5 Å². The SMILES string of the molecule is CCc1nc([S@@](=O)CCCc2ccccc2Br)n[nH]1. The Morgan fingerprint density at radius 2 is 2.16 bits per heavy atom. The van der Waals surface area contributed by atoms with E-state index in [0.717, 1.165) is 29.6 Å². The first-order valence-electron chi connectivity index (χ1n) is 6.23. The summed E-state index contributed by atoms with van der Waals surface area (Å²) in [6.45, 7) is 1.99. The summed E-state index contributed by atoms with van der Waals surface area (Å²) in [4.78, 5) is 4.20. The van der Waals surface area contributed by atoms with Crippen molar-refractivity contribution >= 4 is 26.7 Å². The van der Waals surface area contributed by atoms with Crippen molar-refractivity contribution in [2.45, 2.75) is 31.3 Å². The minimum absolute atomic E-state index is 0.420. The van der Waals surface area contributed by atoms with Crippen LogP contribution in [-0.4, -0.2) is 25.1 Å². The summed E-state index contributed by atoms with van der Waals surface area (Å²) in [5, 5.41) is 7.20. The van der Waals surface area contributed by atoms with Gasteiger partial charge in [0.05, 0.1) is 10.8 Å². The molecule has 4 nitrogen and oxygen atoms in total. The maximum absolute atomic E-state index is 12.0. The van der Waals surface area contributed by atoms with Crippen LogP contribution in [0.25, 0.3) is 0 Å². The van der Waals surface area contributed by atoms with E-state index in [0.29, 0.717) is 10.9 Å². The van der Waals surface area contributed by atoms with Gasteiger partial charge >= 0.3 is 0 Å². The lowest BCUT2D eigenvalue weighted by atomic mass is 10.1. The lowest BCUT2D eigenvalue weighted by Gasteiger charge is -2.03. The number of nitrogens with one attached hydrogen (secondary N) is 1. The van der Waals surface area contributed by atoms with Crippen molar-refractivity contribution in [3.05, 3.63) is 40.1 Å². The second-order valence-electron chi connectivity index (χ2n) is 4.16. The molecule has 0 unspecified atom stereocenters. The predicted octanol–water partition coefficient (Wildman–Crippen LogP) is 2.87. The van der Waals surface area contributed by atoms with Crippen molar-refractivity contribution in [1.82, 2.24) is 15.2 Å². The van der Waals surface area contributed by atoms with Gasteiger partial charge in [0.1, 0.15) is 5.82 Å². The second-order valence-corrected chi connectivity index (χ2v) is 6.48. The summed E-state index contributed by atoms with van der Waals surface area (Å²) in [5.74, 6) is 1.37. The van der Waals surface area contributed by atoms with E-state index in [2.05, 4.69) is 37.2 Å². The van der Waals surface area contributed by atoms with Gasteiger partial charge in [0, 0.05) is 16.6 Å². The van der Waals surface area contributed by atoms with Gasteiger partial charge in [-0.1, -0.05) is 41.1 Å². The van der Waals surface area contributed by atoms with Crippen molar-refractivity contribution in [2.24, 2.45) is 0 Å². The molecule has 1 atom stereocenters. The third-order valence-electron chi connectivity index (χ3n) is 2.78. The molecule has 0 saturated carbocycles. The molecule has 1 heterocycles. The van der Waals surface area contributed by atoms with Gasteiger partial charge in [-0.25, -0.2) is 4.98 Å². The van der Waals surface area contributed by atoms with Gasteiger partial charge in [0.15, 0.2) is 0 Å². The first-order valence-corrected chi connectivity index (χ1v) is 8.35. The number of aromatic amines is 1. The number of hydrogen-bond donors (Lipinski definition) is 1. The topological polar surface area (TPSA) is 58.6 Å². The number of halogens is 1. The average molecular weight is 342 g/mol. The molecule has 0 aliphatic heterocycles. The summed E-state index contributed by atoms with van der Waals surface area (Å²) < 4.78 is 13.1. The Labute approximate surface area is 123 Å². The first-order chi connectivity index (χ1) is 9.20. The van der Waals surface area contributed by atoms with Gasteiger partial charge in [0.25, 0.3) is 0 Å². The van der Waals surface area contributed by atoms with Crippen molar-refractivity contribution in [3.8, 4) is 0 Å². The monoisotopic (exact) mass is 341 g/mol. The highest BCUT2D eigenvalue weighted by atomic mass is 79.9. The van der Waals surface area contributed by atoms with Crippen LogP contribution in [0.5, 0.6) is 0 Å². The van der Waals surface area contributed by atoms with Crippen LogP contribution in [0.3, 0.4) is 0 Å². The number of aryl methyl sites for hydroxylation is 2. The fourth-order valence-corrected chi connectivity index (χ4v) is 3.16. The molecule has 0 aliphatic rings. The molecule has 0 aliphatic carbocycles. The Kier molecular flexibility index (Phi) is 5.27. The summed E-state index contributed by atoms with van der Waals surface area (Å²) in [6.07, 6.45) is 2.53. The fraction of sp³-hybridized carbons (Fsp3) is 0.385. The minimum Gasteiger partial charge on any atom is -0.262 e. The Balaban J connectivity index is 1.86. The third kappa shape index (κ3) is 3.98. The molecule has 0 fully saturated rings. The van der Waals surface area contributed by atoms with Crippen molar-refractivity contribution in [2.75, 3.05) is 5.75 Å². The van der Waals surface area contributed by atoms with Crippen LogP contribution in [-0.2, 0) is 23.6 Å². The number of hydrogen-bond acceptors (Lipinski definition) is 3. The zero-order chi connectivity index (χ0) is 13.7. The normalized spacial score (nSPS) is 12.5. The van der Waals surface area contributed by atoms with Crippen LogP contribution in [0.1, 0.15) is 24.7 Å². The molecule has 0 amide bonds. The van der Waals surface area contributed by atoms with Crippen LogP contribution < -0.4 is 0 Å². The van der Waals surface area contributed by atoms with Crippen LogP contribution in [0, 0.1) is 0 Å². The van der Waals surface area contributed by atoms with Gasteiger partial charge in [0.2, 0.25) is 5.16 Å². The summed E-state index contributed by atoms with van der Waals surface area (Å²) in [5.41, 5.74) is 1.24. The largest absolute Gasteiger partial charge is 0.262 e. The van der Waals surface area contributed by atoms with Gasteiger partial charge in [-0.3, -0.25) is 9.31 Å². The lowest BCUT2D eigenvalue weighted by molar-refractivity contribution is 0.673. The van der Waals surface area contributed by atoms with E-state index >= 15 is 0 Å².